The Morgan fingerprint density at radius 2 is 1.20 bits per heavy atom. The van der Waals surface area contributed by atoms with E-state index in [1.807, 2.05) is 62.4 Å². The Balaban J connectivity index is 2.01. The molecule has 0 N–H and O–H groups in total. The molecule has 0 radical (unpaired) electrons. The van der Waals surface area contributed by atoms with Crippen LogP contribution in [0.15, 0.2) is 47.5 Å². The lowest BCUT2D eigenvalue weighted by molar-refractivity contribution is -0.113. The number of carbonyl (C=O) groups is 1. The zero-order chi connectivity index (χ0) is 25.6. The van der Waals surface area contributed by atoms with Gasteiger partial charge in [-0.1, -0.05) is 32.9 Å². The standard InChI is InChI=1S/C30H38O5/c1-8-34-25-12-10-20(16-27(25)32-6)14-22-18-24(30(3,4)5)19-23(29(22)31)15-21-11-13-26(35-9-2)28(17-21)33-7/h10-17,24H,8-9,18-19H2,1-7H3/b22-14+,23-15+. The van der Waals surface area contributed by atoms with Gasteiger partial charge in [0.1, 0.15) is 0 Å². The highest BCUT2D eigenvalue weighted by Crippen LogP contribution is 2.42. The highest BCUT2D eigenvalue weighted by Gasteiger charge is 2.34. The van der Waals surface area contributed by atoms with Crippen LogP contribution in [0.5, 0.6) is 23.0 Å². The van der Waals surface area contributed by atoms with E-state index in [1.165, 1.54) is 0 Å². The maximum absolute atomic E-state index is 13.6. The van der Waals surface area contributed by atoms with Crippen molar-refractivity contribution in [2.75, 3.05) is 27.4 Å². The number of ketones is 1. The van der Waals surface area contributed by atoms with E-state index in [4.69, 9.17) is 18.9 Å². The van der Waals surface area contributed by atoms with Crippen molar-refractivity contribution < 1.29 is 23.7 Å². The number of methoxy groups -OCH3 is 2. The van der Waals surface area contributed by atoms with Gasteiger partial charge in [0.15, 0.2) is 28.8 Å². The Morgan fingerprint density at radius 1 is 0.771 bits per heavy atom. The fraction of sp³-hybridized carbons (Fsp3) is 0.433. The third kappa shape index (κ3) is 6.47. The van der Waals surface area contributed by atoms with Gasteiger partial charge in [-0.3, -0.25) is 4.79 Å². The molecule has 0 aromatic heterocycles. The van der Waals surface area contributed by atoms with E-state index in [0.29, 0.717) is 42.1 Å². The molecule has 2 aromatic rings. The molecule has 1 aliphatic rings. The van der Waals surface area contributed by atoms with Gasteiger partial charge in [-0.2, -0.15) is 0 Å². The minimum absolute atomic E-state index is 0.0614. The summed E-state index contributed by atoms with van der Waals surface area (Å²) in [4.78, 5) is 13.6. The number of benzene rings is 2. The minimum Gasteiger partial charge on any atom is -0.493 e. The molecule has 5 heteroatoms. The van der Waals surface area contributed by atoms with Crippen LogP contribution in [0.3, 0.4) is 0 Å². The smallest absolute Gasteiger partial charge is 0.185 e. The van der Waals surface area contributed by atoms with Crippen LogP contribution in [-0.4, -0.2) is 33.2 Å². The first-order valence-corrected chi connectivity index (χ1v) is 12.3. The summed E-state index contributed by atoms with van der Waals surface area (Å²) in [6.07, 6.45) is 5.46. The van der Waals surface area contributed by atoms with Crippen LogP contribution in [0.25, 0.3) is 12.2 Å². The second-order valence-electron chi connectivity index (χ2n) is 9.83. The van der Waals surface area contributed by atoms with Crippen molar-refractivity contribution in [1.82, 2.24) is 0 Å². The van der Waals surface area contributed by atoms with Gasteiger partial charge in [0.25, 0.3) is 0 Å². The summed E-state index contributed by atoms with van der Waals surface area (Å²) in [6, 6.07) is 11.6. The molecule has 0 bridgehead atoms. The highest BCUT2D eigenvalue weighted by atomic mass is 16.5. The van der Waals surface area contributed by atoms with Crippen LogP contribution in [0.1, 0.15) is 58.6 Å². The quantitative estimate of drug-likeness (QED) is 0.383. The van der Waals surface area contributed by atoms with E-state index in [0.717, 1.165) is 35.1 Å². The third-order valence-corrected chi connectivity index (χ3v) is 6.40. The molecular formula is C30H38O5. The number of ether oxygens (including phenoxy) is 4. The number of rotatable bonds is 8. The van der Waals surface area contributed by atoms with Gasteiger partial charge < -0.3 is 18.9 Å². The van der Waals surface area contributed by atoms with Crippen LogP contribution in [0.4, 0.5) is 0 Å². The van der Waals surface area contributed by atoms with Crippen molar-refractivity contribution in [2.45, 2.75) is 47.5 Å². The van der Waals surface area contributed by atoms with Gasteiger partial charge in [-0.15, -0.1) is 0 Å². The molecule has 0 amide bonds. The molecule has 0 unspecified atom stereocenters. The van der Waals surface area contributed by atoms with Crippen LogP contribution >= 0.6 is 0 Å². The van der Waals surface area contributed by atoms with Gasteiger partial charge in [0.2, 0.25) is 0 Å². The lowest BCUT2D eigenvalue weighted by Crippen LogP contribution is -2.29. The SMILES string of the molecule is CCOc1ccc(/C=C2\CC(C(C)(C)C)C/C(=C\c3ccc(OCC)c(OC)c3)C2=O)cc1OC. The first kappa shape index (κ1) is 26.4. The monoisotopic (exact) mass is 478 g/mol. The second kappa shape index (κ2) is 11.5. The van der Waals surface area contributed by atoms with Crippen LogP contribution < -0.4 is 18.9 Å². The molecule has 0 heterocycles. The summed E-state index contributed by atoms with van der Waals surface area (Å²) in [6.45, 7) is 11.7. The van der Waals surface area contributed by atoms with E-state index in [9.17, 15) is 4.79 Å². The predicted molar refractivity (Wildman–Crippen MR) is 141 cm³/mol. The maximum atomic E-state index is 13.6. The van der Waals surface area contributed by atoms with Gasteiger partial charge in [-0.05, 0) is 85.6 Å². The van der Waals surface area contributed by atoms with Crippen LogP contribution in [-0.2, 0) is 4.79 Å². The molecule has 0 atom stereocenters. The lowest BCUT2D eigenvalue weighted by Gasteiger charge is -2.35. The Kier molecular flexibility index (Phi) is 8.66. The largest absolute Gasteiger partial charge is 0.493 e. The molecular weight excluding hydrogens is 440 g/mol. The molecule has 0 spiro atoms. The van der Waals surface area contributed by atoms with Gasteiger partial charge in [-0.25, -0.2) is 0 Å². The molecule has 1 aliphatic carbocycles. The van der Waals surface area contributed by atoms with Gasteiger partial charge in [0, 0.05) is 11.1 Å². The normalized spacial score (nSPS) is 18.6. The number of hydrogen-bond donors (Lipinski definition) is 0. The van der Waals surface area contributed by atoms with E-state index in [2.05, 4.69) is 20.8 Å². The number of hydrogen-bond acceptors (Lipinski definition) is 5. The average Bonchev–Trinajstić information content (AvgIpc) is 2.82. The number of Topliss-reactive ketones (excluding diaryl/α,β-unsaturated/α-hetero) is 1. The predicted octanol–water partition coefficient (Wildman–Crippen LogP) is 6.99. The molecule has 1 saturated carbocycles. The molecule has 3 rings (SSSR count). The fourth-order valence-corrected chi connectivity index (χ4v) is 4.36. The molecule has 5 nitrogen and oxygen atoms in total. The van der Waals surface area contributed by atoms with Crippen molar-refractivity contribution in [3.63, 3.8) is 0 Å². The van der Waals surface area contributed by atoms with Crippen LogP contribution in [0, 0.1) is 11.3 Å². The molecule has 35 heavy (non-hydrogen) atoms. The summed E-state index contributed by atoms with van der Waals surface area (Å²) < 4.78 is 22.3. The zero-order valence-corrected chi connectivity index (χ0v) is 22.1. The lowest BCUT2D eigenvalue weighted by atomic mass is 9.68. The summed E-state index contributed by atoms with van der Waals surface area (Å²) in [7, 11) is 3.25. The van der Waals surface area contributed by atoms with Crippen molar-refractivity contribution in [1.29, 1.82) is 0 Å². The number of carbonyl (C=O) groups excluding carboxylic acids is 1. The number of allylic oxidation sites excluding steroid dienone is 2. The minimum atomic E-state index is 0.0614. The average molecular weight is 479 g/mol. The Hall–Kier alpha value is -3.21. The third-order valence-electron chi connectivity index (χ3n) is 6.40. The van der Waals surface area contributed by atoms with Crippen molar-refractivity contribution in [2.24, 2.45) is 11.3 Å². The van der Waals surface area contributed by atoms with Gasteiger partial charge in [0.05, 0.1) is 27.4 Å². The first-order chi connectivity index (χ1) is 16.7. The van der Waals surface area contributed by atoms with Crippen molar-refractivity contribution >= 4 is 17.9 Å². The molecule has 0 saturated heterocycles. The molecule has 188 valence electrons. The molecule has 2 aromatic carbocycles. The van der Waals surface area contributed by atoms with Crippen molar-refractivity contribution in [3.05, 3.63) is 58.7 Å². The summed E-state index contributed by atoms with van der Waals surface area (Å²) in [5, 5.41) is 0. The summed E-state index contributed by atoms with van der Waals surface area (Å²) in [5.41, 5.74) is 3.53. The Bertz CT molecular complexity index is 1020. The zero-order valence-electron chi connectivity index (χ0n) is 22.1. The molecule has 0 aliphatic heterocycles. The van der Waals surface area contributed by atoms with E-state index >= 15 is 0 Å². The molecule has 1 fully saturated rings. The van der Waals surface area contributed by atoms with E-state index in [-0.39, 0.29) is 11.2 Å². The summed E-state index contributed by atoms with van der Waals surface area (Å²) >= 11 is 0. The fourth-order valence-electron chi connectivity index (χ4n) is 4.36. The van der Waals surface area contributed by atoms with E-state index < -0.39 is 0 Å². The second-order valence-corrected chi connectivity index (χ2v) is 9.83. The van der Waals surface area contributed by atoms with Crippen molar-refractivity contribution in [3.8, 4) is 23.0 Å². The van der Waals surface area contributed by atoms with Crippen LogP contribution in [0.2, 0.25) is 0 Å². The summed E-state index contributed by atoms with van der Waals surface area (Å²) in [5.74, 6) is 3.15. The first-order valence-electron chi connectivity index (χ1n) is 12.3. The Morgan fingerprint density at radius 3 is 1.54 bits per heavy atom. The Labute approximate surface area is 209 Å². The van der Waals surface area contributed by atoms with Gasteiger partial charge >= 0.3 is 0 Å². The van der Waals surface area contributed by atoms with E-state index in [1.54, 1.807) is 14.2 Å². The topological polar surface area (TPSA) is 54.0 Å². The maximum Gasteiger partial charge on any atom is 0.185 e. The highest BCUT2D eigenvalue weighted by molar-refractivity contribution is 6.14.